The topological polar surface area (TPSA) is 129 Å². The van der Waals surface area contributed by atoms with E-state index in [0.717, 1.165) is 0 Å². The van der Waals surface area contributed by atoms with Gasteiger partial charge in [-0.2, -0.15) is 0 Å². The number of fused-ring (bicyclic) bond motifs is 2. The molecular formula is C10H11N4O6P. The predicted molar refractivity (Wildman–Crippen MR) is 65.9 cm³/mol. The highest BCUT2D eigenvalue weighted by atomic mass is 31.2. The van der Waals surface area contributed by atoms with Crippen LogP contribution in [0.3, 0.4) is 0 Å². The van der Waals surface area contributed by atoms with Crippen molar-refractivity contribution in [1.29, 1.82) is 0 Å². The molecule has 0 saturated carbocycles. The highest BCUT2D eigenvalue weighted by Crippen LogP contribution is 2.52. The summed E-state index contributed by atoms with van der Waals surface area (Å²) >= 11 is 0. The quantitative estimate of drug-likeness (QED) is 0.675. The van der Waals surface area contributed by atoms with Crippen LogP contribution in [-0.4, -0.2) is 54.4 Å². The van der Waals surface area contributed by atoms with Crippen LogP contribution in [0.25, 0.3) is 11.2 Å². The Balaban J connectivity index is 1.69. The van der Waals surface area contributed by atoms with Crippen LogP contribution in [0, 0.1) is 0 Å². The maximum atomic E-state index is 11.4. The van der Waals surface area contributed by atoms with Gasteiger partial charge in [0.05, 0.1) is 19.1 Å². The number of ether oxygens (including phenoxy) is 1. The molecule has 0 aromatic carbocycles. The number of hydrogen-bond acceptors (Lipinski definition) is 8. The summed E-state index contributed by atoms with van der Waals surface area (Å²) in [5, 5.41) is 10.3. The fraction of sp³-hybridized carbons (Fsp3) is 0.500. The lowest BCUT2D eigenvalue weighted by Crippen LogP contribution is -2.39. The average Bonchev–Trinajstić information content (AvgIpc) is 3.00. The number of aromatic nitrogens is 4. The molecule has 0 bridgehead atoms. The van der Waals surface area contributed by atoms with E-state index in [4.69, 9.17) is 9.26 Å². The zero-order valence-corrected chi connectivity index (χ0v) is 11.4. The minimum Gasteiger partial charge on any atom is -0.386 e. The van der Waals surface area contributed by atoms with E-state index in [1.54, 1.807) is 0 Å². The van der Waals surface area contributed by atoms with Gasteiger partial charge in [-0.1, -0.05) is 0 Å². The van der Waals surface area contributed by atoms with E-state index in [9.17, 15) is 14.6 Å². The number of aliphatic hydroxyl groups excluding tert-OH is 1. The Morgan fingerprint density at radius 2 is 2.29 bits per heavy atom. The molecule has 1 unspecified atom stereocenters. The lowest BCUT2D eigenvalue weighted by Gasteiger charge is -2.27. The van der Waals surface area contributed by atoms with Crippen molar-refractivity contribution in [2.24, 2.45) is 0 Å². The van der Waals surface area contributed by atoms with Gasteiger partial charge in [0.25, 0.3) is 0 Å². The maximum Gasteiger partial charge on any atom is 0.472 e. The second-order valence-electron chi connectivity index (χ2n) is 4.77. The molecule has 2 aliphatic rings. The third-order valence-corrected chi connectivity index (χ3v) is 4.46. The molecule has 0 spiro atoms. The molecule has 10 nitrogen and oxygen atoms in total. The Morgan fingerprint density at radius 1 is 1.43 bits per heavy atom. The summed E-state index contributed by atoms with van der Waals surface area (Å²) in [4.78, 5) is 21.4. The normalized spacial score (nSPS) is 39.5. The van der Waals surface area contributed by atoms with Gasteiger partial charge in [0.15, 0.2) is 11.9 Å². The molecule has 0 radical (unpaired) electrons. The molecule has 2 aromatic heterocycles. The second kappa shape index (κ2) is 4.54. The molecule has 4 rings (SSSR count). The highest BCUT2D eigenvalue weighted by molar-refractivity contribution is 7.47. The van der Waals surface area contributed by atoms with Gasteiger partial charge in [0.2, 0.25) is 0 Å². The van der Waals surface area contributed by atoms with E-state index in [2.05, 4.69) is 19.5 Å². The monoisotopic (exact) mass is 314 g/mol. The van der Waals surface area contributed by atoms with Crippen molar-refractivity contribution in [2.75, 3.05) is 6.61 Å². The van der Waals surface area contributed by atoms with Gasteiger partial charge >= 0.3 is 7.82 Å². The summed E-state index contributed by atoms with van der Waals surface area (Å²) in [5.74, 6) is 0. The van der Waals surface area contributed by atoms with Crippen LogP contribution in [0.2, 0.25) is 0 Å². The van der Waals surface area contributed by atoms with Gasteiger partial charge in [-0.3, -0.25) is 13.6 Å². The van der Waals surface area contributed by atoms with E-state index in [-0.39, 0.29) is 6.61 Å². The van der Waals surface area contributed by atoms with Crippen LogP contribution in [0.15, 0.2) is 18.9 Å². The molecule has 5 atom stereocenters. The smallest absolute Gasteiger partial charge is 0.386 e. The molecule has 2 saturated heterocycles. The molecule has 2 aliphatic heterocycles. The lowest BCUT2D eigenvalue weighted by atomic mass is 10.1. The molecule has 2 aromatic rings. The van der Waals surface area contributed by atoms with E-state index in [1.807, 2.05) is 0 Å². The fourth-order valence-electron chi connectivity index (χ4n) is 2.54. The van der Waals surface area contributed by atoms with E-state index < -0.39 is 32.4 Å². The van der Waals surface area contributed by atoms with Crippen LogP contribution in [0.1, 0.15) is 6.23 Å². The van der Waals surface area contributed by atoms with Crippen molar-refractivity contribution < 1.29 is 28.3 Å². The Morgan fingerprint density at radius 3 is 3.14 bits per heavy atom. The predicted octanol–water partition coefficient (Wildman–Crippen LogP) is -0.400. The Kier molecular flexibility index (Phi) is 2.86. The molecule has 11 heteroatoms. The Bertz CT molecular complexity index is 737. The summed E-state index contributed by atoms with van der Waals surface area (Å²) in [6.45, 7) is -0.131. The van der Waals surface area contributed by atoms with E-state index in [0.29, 0.717) is 11.2 Å². The summed E-state index contributed by atoms with van der Waals surface area (Å²) < 4.78 is 28.2. The number of rotatable bonds is 1. The lowest BCUT2D eigenvalue weighted by molar-refractivity contribution is -0.0664. The first kappa shape index (κ1) is 13.3. The van der Waals surface area contributed by atoms with Crippen molar-refractivity contribution >= 4 is 19.0 Å². The van der Waals surface area contributed by atoms with Gasteiger partial charge in [0.1, 0.15) is 30.2 Å². The minimum absolute atomic E-state index is 0.131. The van der Waals surface area contributed by atoms with Crippen LogP contribution < -0.4 is 0 Å². The first-order chi connectivity index (χ1) is 10.1. The summed E-state index contributed by atoms with van der Waals surface area (Å²) in [7, 11) is -4.14. The Hall–Kier alpha value is -1.42. The molecule has 112 valence electrons. The molecule has 0 aliphatic carbocycles. The van der Waals surface area contributed by atoms with Crippen LogP contribution in [-0.2, 0) is 18.3 Å². The molecule has 2 fully saturated rings. The molecule has 2 N–H and O–H groups in total. The number of nitrogens with zero attached hydrogens (tertiary/aromatic N) is 4. The zero-order chi connectivity index (χ0) is 14.6. The molecule has 21 heavy (non-hydrogen) atoms. The summed E-state index contributed by atoms with van der Waals surface area (Å²) in [6.07, 6.45) is 0.792. The first-order valence-electron chi connectivity index (χ1n) is 6.17. The van der Waals surface area contributed by atoms with Gasteiger partial charge in [-0.05, 0) is 0 Å². The van der Waals surface area contributed by atoms with Crippen molar-refractivity contribution in [3.8, 4) is 0 Å². The van der Waals surface area contributed by atoms with Gasteiger partial charge in [0, 0.05) is 0 Å². The molecule has 0 amide bonds. The van der Waals surface area contributed by atoms with Gasteiger partial charge in [-0.25, -0.2) is 19.5 Å². The Labute approximate surface area is 117 Å². The average molecular weight is 314 g/mol. The number of hydrogen-bond donors (Lipinski definition) is 2. The number of phosphoric acid groups is 1. The third-order valence-electron chi connectivity index (χ3n) is 3.48. The minimum atomic E-state index is -4.14. The number of imidazole rings is 1. The zero-order valence-electron chi connectivity index (χ0n) is 10.5. The highest BCUT2D eigenvalue weighted by Gasteiger charge is 2.52. The van der Waals surface area contributed by atoms with Crippen molar-refractivity contribution in [2.45, 2.75) is 24.5 Å². The molecule has 4 heterocycles. The van der Waals surface area contributed by atoms with E-state index in [1.165, 1.54) is 23.4 Å². The van der Waals surface area contributed by atoms with E-state index >= 15 is 0 Å². The molecular weight excluding hydrogens is 303 g/mol. The standard InChI is InChI=1S/C10H11N4O6P/c15-7-8-6(2-18-21(16,17)20-8)19-10(7)14-4-13-5-1-11-3-12-9(5)14/h1,3-4,6-8,10,15H,2H2,(H,16,17)/t6-,7-,8-,10-/m1/s1. The number of phosphoric ester groups is 1. The van der Waals surface area contributed by atoms with Gasteiger partial charge in [-0.15, -0.1) is 0 Å². The largest absolute Gasteiger partial charge is 0.472 e. The summed E-state index contributed by atoms with van der Waals surface area (Å²) in [6, 6.07) is 0. The second-order valence-corrected chi connectivity index (χ2v) is 6.18. The summed E-state index contributed by atoms with van der Waals surface area (Å²) in [5.41, 5.74) is 1.04. The fourth-order valence-corrected chi connectivity index (χ4v) is 3.50. The van der Waals surface area contributed by atoms with Crippen LogP contribution in [0.4, 0.5) is 0 Å². The third kappa shape index (κ3) is 2.08. The van der Waals surface area contributed by atoms with Gasteiger partial charge < -0.3 is 14.7 Å². The van der Waals surface area contributed by atoms with Crippen molar-refractivity contribution in [3.63, 3.8) is 0 Å². The van der Waals surface area contributed by atoms with Crippen LogP contribution >= 0.6 is 7.82 Å². The first-order valence-corrected chi connectivity index (χ1v) is 7.66. The van der Waals surface area contributed by atoms with Crippen molar-refractivity contribution in [1.82, 2.24) is 19.5 Å². The van der Waals surface area contributed by atoms with Crippen molar-refractivity contribution in [3.05, 3.63) is 18.9 Å². The van der Waals surface area contributed by atoms with Crippen LogP contribution in [0.5, 0.6) is 0 Å². The maximum absolute atomic E-state index is 11.4. The SMILES string of the molecule is O=P1(O)OC[C@H]2O[C@@H](n3cnc4cncnc43)[C@H](O)[C@@H]2O1. The number of aliphatic hydroxyl groups is 1.